The van der Waals surface area contributed by atoms with Crippen LogP contribution in [0.25, 0.3) is 0 Å². The van der Waals surface area contributed by atoms with Crippen LogP contribution in [-0.2, 0) is 9.53 Å². The first kappa shape index (κ1) is 22.9. The van der Waals surface area contributed by atoms with E-state index in [0.717, 1.165) is 51.5 Å². The van der Waals surface area contributed by atoms with Crippen molar-refractivity contribution in [3.63, 3.8) is 0 Å². The average Bonchev–Trinajstić information content (AvgIpc) is 2.47. The van der Waals surface area contributed by atoms with E-state index in [1.807, 2.05) is 0 Å². The van der Waals surface area contributed by atoms with Crippen molar-refractivity contribution in [3.05, 3.63) is 0 Å². The van der Waals surface area contributed by atoms with Crippen molar-refractivity contribution < 1.29 is 9.53 Å². The molecule has 1 amide bonds. The lowest BCUT2D eigenvalue weighted by atomic mass is 9.91. The molecule has 0 aromatic carbocycles. The molecular formula is C16H33Cl2N3O2. The molecule has 5 nitrogen and oxygen atoms in total. The van der Waals surface area contributed by atoms with E-state index in [1.165, 1.54) is 12.8 Å². The van der Waals surface area contributed by atoms with E-state index in [0.29, 0.717) is 0 Å². The molecule has 2 aliphatic rings. The SMILES string of the molecule is COC1(C(=O)NC(C)CN2CCCC(C)C2)CCNCC1.Cl.Cl. The summed E-state index contributed by atoms with van der Waals surface area (Å²) in [4.78, 5) is 15.1. The van der Waals surface area contributed by atoms with Crippen molar-refractivity contribution >= 4 is 30.7 Å². The van der Waals surface area contributed by atoms with E-state index in [4.69, 9.17) is 4.74 Å². The van der Waals surface area contributed by atoms with Crippen molar-refractivity contribution in [1.82, 2.24) is 15.5 Å². The molecule has 2 fully saturated rings. The van der Waals surface area contributed by atoms with Crippen molar-refractivity contribution in [3.8, 4) is 0 Å². The van der Waals surface area contributed by atoms with Gasteiger partial charge in [-0.05, 0) is 58.2 Å². The Kier molecular flexibility index (Phi) is 10.7. The number of nitrogens with zero attached hydrogens (tertiary/aromatic N) is 1. The first-order valence-corrected chi connectivity index (χ1v) is 8.35. The van der Waals surface area contributed by atoms with Gasteiger partial charge in [0, 0.05) is 26.2 Å². The van der Waals surface area contributed by atoms with Crippen molar-refractivity contribution in [2.75, 3.05) is 39.8 Å². The van der Waals surface area contributed by atoms with Gasteiger partial charge in [-0.25, -0.2) is 0 Å². The zero-order chi connectivity index (χ0) is 15.3. The normalized spacial score (nSPS) is 25.6. The Morgan fingerprint density at radius 3 is 2.61 bits per heavy atom. The van der Waals surface area contributed by atoms with Crippen LogP contribution in [-0.4, -0.2) is 62.3 Å². The van der Waals surface area contributed by atoms with Crippen LogP contribution in [0.15, 0.2) is 0 Å². The van der Waals surface area contributed by atoms with Crippen molar-refractivity contribution in [2.24, 2.45) is 5.92 Å². The Morgan fingerprint density at radius 1 is 1.39 bits per heavy atom. The van der Waals surface area contributed by atoms with E-state index >= 15 is 0 Å². The van der Waals surface area contributed by atoms with E-state index in [9.17, 15) is 4.79 Å². The third kappa shape index (κ3) is 6.39. The summed E-state index contributed by atoms with van der Waals surface area (Å²) in [5.74, 6) is 0.834. The van der Waals surface area contributed by atoms with Gasteiger partial charge in [0.05, 0.1) is 0 Å². The lowest BCUT2D eigenvalue weighted by Crippen LogP contribution is -2.57. The number of ether oxygens (including phenoxy) is 1. The highest BCUT2D eigenvalue weighted by Crippen LogP contribution is 2.23. The summed E-state index contributed by atoms with van der Waals surface area (Å²) in [6.45, 7) is 9.35. The molecule has 0 radical (unpaired) electrons. The van der Waals surface area contributed by atoms with Gasteiger partial charge in [-0.15, -0.1) is 24.8 Å². The quantitative estimate of drug-likeness (QED) is 0.776. The predicted octanol–water partition coefficient (Wildman–Crippen LogP) is 1.84. The molecule has 2 saturated heterocycles. The number of rotatable bonds is 5. The van der Waals surface area contributed by atoms with Gasteiger partial charge in [-0.1, -0.05) is 6.92 Å². The van der Waals surface area contributed by atoms with Gasteiger partial charge >= 0.3 is 0 Å². The zero-order valence-electron chi connectivity index (χ0n) is 14.6. The molecule has 0 saturated carbocycles. The van der Waals surface area contributed by atoms with Crippen LogP contribution < -0.4 is 10.6 Å². The first-order valence-electron chi connectivity index (χ1n) is 8.35. The minimum atomic E-state index is -0.630. The van der Waals surface area contributed by atoms with Gasteiger partial charge in [-0.2, -0.15) is 0 Å². The minimum absolute atomic E-state index is 0. The molecule has 23 heavy (non-hydrogen) atoms. The number of piperidine rings is 2. The van der Waals surface area contributed by atoms with E-state index in [1.54, 1.807) is 7.11 Å². The summed E-state index contributed by atoms with van der Waals surface area (Å²) in [6.07, 6.45) is 4.11. The lowest BCUT2D eigenvalue weighted by molar-refractivity contribution is -0.147. The van der Waals surface area contributed by atoms with E-state index in [2.05, 4.69) is 29.4 Å². The Bertz CT molecular complexity index is 352. The van der Waals surface area contributed by atoms with Gasteiger partial charge in [0.1, 0.15) is 5.60 Å². The summed E-state index contributed by atoms with van der Waals surface area (Å²) in [5, 5.41) is 6.45. The standard InChI is InChI=1S/C16H31N3O2.2ClH/c1-13-5-4-10-19(11-13)12-14(2)18-15(20)16(21-3)6-8-17-9-7-16;;/h13-14,17H,4-12H2,1-3H3,(H,18,20);2*1H. The van der Waals surface area contributed by atoms with Crippen molar-refractivity contribution in [2.45, 2.75) is 51.2 Å². The van der Waals surface area contributed by atoms with Crippen LogP contribution in [0.1, 0.15) is 39.5 Å². The maximum atomic E-state index is 12.6. The fourth-order valence-electron chi connectivity index (χ4n) is 3.60. The van der Waals surface area contributed by atoms with Gasteiger partial charge < -0.3 is 20.3 Å². The van der Waals surface area contributed by atoms with Crippen LogP contribution in [0.3, 0.4) is 0 Å². The van der Waals surface area contributed by atoms with Gasteiger partial charge in [-0.3, -0.25) is 4.79 Å². The molecule has 2 heterocycles. The number of amides is 1. The molecule has 7 heteroatoms. The van der Waals surface area contributed by atoms with Crippen LogP contribution in [0.2, 0.25) is 0 Å². The Hall–Kier alpha value is -0.0700. The highest BCUT2D eigenvalue weighted by molar-refractivity contribution is 5.86. The highest BCUT2D eigenvalue weighted by atomic mass is 35.5. The maximum absolute atomic E-state index is 12.6. The van der Waals surface area contributed by atoms with Crippen LogP contribution in [0, 0.1) is 5.92 Å². The molecule has 0 aromatic heterocycles. The molecule has 2 rings (SSSR count). The second kappa shape index (κ2) is 10.7. The van der Waals surface area contributed by atoms with Crippen LogP contribution in [0.4, 0.5) is 0 Å². The third-order valence-electron chi connectivity index (χ3n) is 4.87. The molecule has 0 spiro atoms. The largest absolute Gasteiger partial charge is 0.368 e. The van der Waals surface area contributed by atoms with Crippen LogP contribution in [0.5, 0.6) is 0 Å². The number of hydrogen-bond acceptors (Lipinski definition) is 4. The molecular weight excluding hydrogens is 337 g/mol. The summed E-state index contributed by atoms with van der Waals surface area (Å²) in [5.41, 5.74) is -0.630. The fourth-order valence-corrected chi connectivity index (χ4v) is 3.60. The monoisotopic (exact) mass is 369 g/mol. The number of halogens is 2. The number of methoxy groups -OCH3 is 1. The zero-order valence-corrected chi connectivity index (χ0v) is 16.2. The van der Waals surface area contributed by atoms with Gasteiger partial charge in [0.25, 0.3) is 5.91 Å². The molecule has 2 aliphatic heterocycles. The number of likely N-dealkylation sites (tertiary alicyclic amines) is 1. The predicted molar refractivity (Wildman–Crippen MR) is 98.8 cm³/mol. The summed E-state index contributed by atoms with van der Waals surface area (Å²) < 4.78 is 5.58. The molecule has 2 unspecified atom stereocenters. The van der Waals surface area contributed by atoms with Crippen molar-refractivity contribution in [1.29, 1.82) is 0 Å². The Labute approximate surface area is 153 Å². The lowest BCUT2D eigenvalue weighted by Gasteiger charge is -2.37. The van der Waals surface area contributed by atoms with Gasteiger partial charge in [0.2, 0.25) is 0 Å². The molecule has 2 N–H and O–H groups in total. The molecule has 0 aromatic rings. The summed E-state index contributed by atoms with van der Waals surface area (Å²) >= 11 is 0. The molecule has 2 atom stereocenters. The molecule has 0 aliphatic carbocycles. The number of nitrogens with one attached hydrogen (secondary N) is 2. The van der Waals surface area contributed by atoms with E-state index in [-0.39, 0.29) is 36.8 Å². The third-order valence-corrected chi connectivity index (χ3v) is 4.87. The Balaban J connectivity index is 0.00000242. The second-order valence-corrected chi connectivity index (χ2v) is 6.83. The van der Waals surface area contributed by atoms with E-state index < -0.39 is 5.60 Å². The Morgan fingerprint density at radius 2 is 2.04 bits per heavy atom. The smallest absolute Gasteiger partial charge is 0.252 e. The topological polar surface area (TPSA) is 53.6 Å². The molecule has 138 valence electrons. The minimum Gasteiger partial charge on any atom is -0.368 e. The van der Waals surface area contributed by atoms with Crippen LogP contribution >= 0.6 is 24.8 Å². The maximum Gasteiger partial charge on any atom is 0.252 e. The molecule has 0 bridgehead atoms. The summed E-state index contributed by atoms with van der Waals surface area (Å²) in [6, 6.07) is 0.171. The highest BCUT2D eigenvalue weighted by Gasteiger charge is 2.40. The average molecular weight is 370 g/mol. The fraction of sp³-hybridized carbons (Fsp3) is 0.938. The van der Waals surface area contributed by atoms with Gasteiger partial charge in [0.15, 0.2) is 0 Å². The number of carbonyl (C=O) groups is 1. The number of carbonyl (C=O) groups excluding carboxylic acids is 1. The second-order valence-electron chi connectivity index (χ2n) is 6.83. The summed E-state index contributed by atoms with van der Waals surface area (Å²) in [7, 11) is 1.65. The first-order chi connectivity index (χ1) is 10.1. The number of hydrogen-bond donors (Lipinski definition) is 2.